The minimum Gasteiger partial charge on any atom is -0.367 e. The Labute approximate surface area is 149 Å². The zero-order valence-electron chi connectivity index (χ0n) is 14.1. The summed E-state index contributed by atoms with van der Waals surface area (Å²) in [4.78, 5) is 2.24. The molecule has 1 N–H and O–H groups in total. The van der Waals surface area contributed by atoms with E-state index < -0.39 is 11.7 Å². The predicted molar refractivity (Wildman–Crippen MR) is 94.8 cm³/mol. The van der Waals surface area contributed by atoms with Crippen molar-refractivity contribution in [2.75, 3.05) is 11.4 Å². The van der Waals surface area contributed by atoms with Crippen LogP contribution in [0.2, 0.25) is 0 Å². The quantitative estimate of drug-likeness (QED) is 0.711. The second-order valence-electron chi connectivity index (χ2n) is 6.55. The molecular formula is C20H18F3N3. The molecule has 3 aromatic rings. The number of nitrogens with one attached hydrogen (secondary N) is 1. The summed E-state index contributed by atoms with van der Waals surface area (Å²) in [5.74, 6) is 0. The summed E-state index contributed by atoms with van der Waals surface area (Å²) < 4.78 is 38.1. The van der Waals surface area contributed by atoms with Crippen LogP contribution in [0.25, 0.3) is 11.1 Å². The third kappa shape index (κ3) is 3.31. The van der Waals surface area contributed by atoms with Crippen LogP contribution in [-0.2, 0) is 19.1 Å². The minimum atomic E-state index is -4.29. The summed E-state index contributed by atoms with van der Waals surface area (Å²) in [6.45, 7) is 1.51. The van der Waals surface area contributed by atoms with Crippen molar-refractivity contribution in [1.29, 1.82) is 0 Å². The average molecular weight is 357 g/mol. The van der Waals surface area contributed by atoms with Crippen molar-refractivity contribution in [3.63, 3.8) is 0 Å². The van der Waals surface area contributed by atoms with E-state index >= 15 is 0 Å². The Morgan fingerprint density at radius 3 is 2.54 bits per heavy atom. The molecule has 134 valence electrons. The summed E-state index contributed by atoms with van der Waals surface area (Å²) in [5.41, 5.74) is 4.86. The molecule has 2 heterocycles. The van der Waals surface area contributed by atoms with Gasteiger partial charge in [-0.3, -0.25) is 5.10 Å². The fourth-order valence-electron chi connectivity index (χ4n) is 3.45. The van der Waals surface area contributed by atoms with Crippen LogP contribution in [-0.4, -0.2) is 16.7 Å². The maximum absolute atomic E-state index is 12.7. The molecule has 26 heavy (non-hydrogen) atoms. The van der Waals surface area contributed by atoms with Crippen LogP contribution in [0.15, 0.2) is 54.9 Å². The maximum atomic E-state index is 12.7. The van der Waals surface area contributed by atoms with Gasteiger partial charge in [0.05, 0.1) is 11.8 Å². The van der Waals surface area contributed by atoms with E-state index in [1.807, 2.05) is 6.20 Å². The summed E-state index contributed by atoms with van der Waals surface area (Å²) in [5, 5.41) is 6.81. The Bertz CT molecular complexity index is 884. The maximum Gasteiger partial charge on any atom is 0.416 e. The Kier molecular flexibility index (Phi) is 4.18. The zero-order valence-corrected chi connectivity index (χ0v) is 14.1. The largest absolute Gasteiger partial charge is 0.416 e. The number of hydrogen-bond acceptors (Lipinski definition) is 2. The van der Waals surface area contributed by atoms with Gasteiger partial charge in [-0.15, -0.1) is 0 Å². The van der Waals surface area contributed by atoms with E-state index in [9.17, 15) is 13.2 Å². The lowest BCUT2D eigenvalue weighted by atomic mass is 9.97. The zero-order chi connectivity index (χ0) is 18.1. The molecule has 0 bridgehead atoms. The monoisotopic (exact) mass is 357 g/mol. The van der Waals surface area contributed by atoms with Crippen LogP contribution < -0.4 is 4.90 Å². The molecule has 0 atom stereocenters. The molecule has 0 spiro atoms. The van der Waals surface area contributed by atoms with Crippen LogP contribution >= 0.6 is 0 Å². The van der Waals surface area contributed by atoms with E-state index in [4.69, 9.17) is 0 Å². The van der Waals surface area contributed by atoms with E-state index in [0.29, 0.717) is 6.54 Å². The van der Waals surface area contributed by atoms with Gasteiger partial charge in [-0.25, -0.2) is 0 Å². The SMILES string of the molecule is FC(F)(F)c1ccc(CN2CCCc3cc(-c4cn[nH]c4)ccc32)cc1. The Morgan fingerprint density at radius 2 is 1.85 bits per heavy atom. The fourth-order valence-corrected chi connectivity index (χ4v) is 3.45. The number of aryl methyl sites for hydroxylation is 1. The van der Waals surface area contributed by atoms with Gasteiger partial charge in [0.2, 0.25) is 0 Å². The number of aromatic amines is 1. The molecule has 0 amide bonds. The summed E-state index contributed by atoms with van der Waals surface area (Å²) in [7, 11) is 0. The Hall–Kier alpha value is -2.76. The second kappa shape index (κ2) is 6.52. The molecule has 0 unspecified atom stereocenters. The number of halogens is 3. The normalized spacial score (nSPS) is 14.3. The summed E-state index contributed by atoms with van der Waals surface area (Å²) in [6.07, 6.45) is 1.40. The first kappa shape index (κ1) is 16.7. The molecular weight excluding hydrogens is 339 g/mol. The highest BCUT2D eigenvalue weighted by Gasteiger charge is 2.30. The topological polar surface area (TPSA) is 31.9 Å². The van der Waals surface area contributed by atoms with Crippen molar-refractivity contribution in [2.45, 2.75) is 25.6 Å². The van der Waals surface area contributed by atoms with Gasteiger partial charge in [0, 0.05) is 30.5 Å². The van der Waals surface area contributed by atoms with Crippen molar-refractivity contribution in [2.24, 2.45) is 0 Å². The molecule has 1 aliphatic heterocycles. The molecule has 0 saturated carbocycles. The van der Waals surface area contributed by atoms with Crippen molar-refractivity contribution in [3.05, 3.63) is 71.5 Å². The van der Waals surface area contributed by atoms with Crippen LogP contribution in [0.5, 0.6) is 0 Å². The first-order valence-corrected chi connectivity index (χ1v) is 8.54. The molecule has 0 radical (unpaired) electrons. The minimum absolute atomic E-state index is 0.606. The van der Waals surface area contributed by atoms with Gasteiger partial charge >= 0.3 is 6.18 Å². The Balaban J connectivity index is 1.56. The average Bonchev–Trinajstić information content (AvgIpc) is 3.16. The number of aromatic nitrogens is 2. The van der Waals surface area contributed by atoms with Gasteiger partial charge < -0.3 is 4.90 Å². The van der Waals surface area contributed by atoms with Crippen molar-refractivity contribution in [3.8, 4) is 11.1 Å². The number of alkyl halides is 3. The van der Waals surface area contributed by atoms with Gasteiger partial charge in [0.15, 0.2) is 0 Å². The third-order valence-corrected chi connectivity index (χ3v) is 4.78. The Morgan fingerprint density at radius 1 is 1.04 bits per heavy atom. The number of fused-ring (bicyclic) bond motifs is 1. The first-order chi connectivity index (χ1) is 12.5. The fraction of sp³-hybridized carbons (Fsp3) is 0.250. The lowest BCUT2D eigenvalue weighted by Gasteiger charge is -2.32. The highest BCUT2D eigenvalue weighted by atomic mass is 19.4. The number of hydrogen-bond donors (Lipinski definition) is 1. The molecule has 0 aliphatic carbocycles. The molecule has 3 nitrogen and oxygen atoms in total. The van der Waals surface area contributed by atoms with E-state index in [1.165, 1.54) is 5.56 Å². The van der Waals surface area contributed by atoms with Crippen molar-refractivity contribution >= 4 is 5.69 Å². The van der Waals surface area contributed by atoms with Crippen molar-refractivity contribution in [1.82, 2.24) is 10.2 Å². The molecule has 6 heteroatoms. The second-order valence-corrected chi connectivity index (χ2v) is 6.55. The lowest BCUT2D eigenvalue weighted by Crippen LogP contribution is -2.28. The number of H-pyrrole nitrogens is 1. The molecule has 0 fully saturated rings. The molecule has 0 saturated heterocycles. The third-order valence-electron chi connectivity index (χ3n) is 4.78. The molecule has 1 aliphatic rings. The van der Waals surface area contributed by atoms with Gasteiger partial charge in [0.1, 0.15) is 0 Å². The summed E-state index contributed by atoms with van der Waals surface area (Å²) in [6, 6.07) is 11.8. The van der Waals surface area contributed by atoms with Crippen LogP contribution in [0.1, 0.15) is 23.1 Å². The van der Waals surface area contributed by atoms with E-state index in [-0.39, 0.29) is 0 Å². The molecule has 2 aromatic carbocycles. The highest BCUT2D eigenvalue weighted by Crippen LogP contribution is 2.33. The van der Waals surface area contributed by atoms with Crippen LogP contribution in [0.3, 0.4) is 0 Å². The number of nitrogens with zero attached hydrogens (tertiary/aromatic N) is 2. The van der Waals surface area contributed by atoms with Gasteiger partial charge in [-0.2, -0.15) is 18.3 Å². The highest BCUT2D eigenvalue weighted by molar-refractivity contribution is 5.68. The lowest BCUT2D eigenvalue weighted by molar-refractivity contribution is -0.137. The van der Waals surface area contributed by atoms with Gasteiger partial charge in [-0.1, -0.05) is 18.2 Å². The van der Waals surface area contributed by atoms with Crippen LogP contribution in [0.4, 0.5) is 18.9 Å². The van der Waals surface area contributed by atoms with E-state index in [0.717, 1.165) is 53.9 Å². The van der Waals surface area contributed by atoms with E-state index in [2.05, 4.69) is 33.3 Å². The van der Waals surface area contributed by atoms with Crippen molar-refractivity contribution < 1.29 is 13.2 Å². The van der Waals surface area contributed by atoms with Gasteiger partial charge in [-0.05, 0) is 53.8 Å². The standard InChI is InChI=1S/C20H18F3N3/c21-20(22,23)18-6-3-14(4-7-18)13-26-9-1-2-16-10-15(5-8-19(16)26)17-11-24-25-12-17/h3-8,10-12H,1-2,9,13H2,(H,24,25). The smallest absolute Gasteiger partial charge is 0.367 e. The van der Waals surface area contributed by atoms with E-state index in [1.54, 1.807) is 18.3 Å². The number of benzene rings is 2. The predicted octanol–water partition coefficient (Wildman–Crippen LogP) is 5.05. The first-order valence-electron chi connectivity index (χ1n) is 8.54. The molecule has 4 rings (SSSR count). The number of rotatable bonds is 3. The molecule has 1 aromatic heterocycles. The summed E-state index contributed by atoms with van der Waals surface area (Å²) >= 11 is 0. The van der Waals surface area contributed by atoms with Gasteiger partial charge in [0.25, 0.3) is 0 Å². The number of anilines is 1. The van der Waals surface area contributed by atoms with Crippen LogP contribution in [0, 0.1) is 0 Å².